The number of morpholine rings is 1. The average molecular weight is 273 g/mol. The summed E-state index contributed by atoms with van der Waals surface area (Å²) in [6, 6.07) is 9.97. The number of nitrogens with zero attached hydrogens (tertiary/aromatic N) is 1. The quantitative estimate of drug-likeness (QED) is 0.737. The van der Waals surface area contributed by atoms with Crippen molar-refractivity contribution in [2.45, 2.75) is 49.8 Å². The summed E-state index contributed by atoms with van der Waals surface area (Å²) in [6.45, 7) is 0.384. The van der Waals surface area contributed by atoms with Crippen molar-refractivity contribution in [2.75, 3.05) is 6.61 Å². The highest BCUT2D eigenvalue weighted by Crippen LogP contribution is 2.47. The van der Waals surface area contributed by atoms with E-state index in [1.54, 1.807) is 0 Å². The Balaban J connectivity index is 1.65. The second-order valence-corrected chi connectivity index (χ2v) is 6.12. The number of esters is 1. The number of hydrogen-bond acceptors (Lipinski definition) is 4. The minimum Gasteiger partial charge on any atom is -0.462 e. The lowest BCUT2D eigenvalue weighted by molar-refractivity contribution is -0.250. The van der Waals surface area contributed by atoms with E-state index < -0.39 is 0 Å². The summed E-state index contributed by atoms with van der Waals surface area (Å²) < 4.78 is 5.40. The van der Waals surface area contributed by atoms with Gasteiger partial charge in [-0.2, -0.15) is 5.06 Å². The molecule has 0 amide bonds. The third-order valence-electron chi connectivity index (χ3n) is 4.83. The molecule has 2 saturated heterocycles. The van der Waals surface area contributed by atoms with Crippen LogP contribution in [-0.4, -0.2) is 29.3 Å². The van der Waals surface area contributed by atoms with Crippen LogP contribution in [0.15, 0.2) is 30.3 Å². The average Bonchev–Trinajstić information content (AvgIpc) is 3.08. The van der Waals surface area contributed by atoms with Crippen LogP contribution in [0.2, 0.25) is 0 Å². The molecule has 0 N–H and O–H groups in total. The summed E-state index contributed by atoms with van der Waals surface area (Å²) in [4.78, 5) is 18.3. The molecule has 1 spiro atoms. The van der Waals surface area contributed by atoms with Crippen LogP contribution in [0.1, 0.15) is 43.7 Å². The highest BCUT2D eigenvalue weighted by Gasteiger charge is 2.54. The highest BCUT2D eigenvalue weighted by molar-refractivity contribution is 5.77. The molecule has 4 heteroatoms. The molecule has 106 valence electrons. The maximum absolute atomic E-state index is 12.0. The maximum Gasteiger partial charge on any atom is 0.325 e. The van der Waals surface area contributed by atoms with Gasteiger partial charge in [-0.15, -0.1) is 0 Å². The molecule has 20 heavy (non-hydrogen) atoms. The molecule has 2 atom stereocenters. The van der Waals surface area contributed by atoms with Crippen LogP contribution in [0.4, 0.5) is 0 Å². The summed E-state index contributed by atoms with van der Waals surface area (Å²) in [5, 5.41) is 1.92. The van der Waals surface area contributed by atoms with Crippen molar-refractivity contribution in [3.8, 4) is 0 Å². The molecule has 1 aromatic rings. The number of benzene rings is 1. The highest BCUT2D eigenvalue weighted by atomic mass is 16.7. The molecule has 3 fully saturated rings. The molecule has 0 unspecified atom stereocenters. The van der Waals surface area contributed by atoms with Crippen molar-refractivity contribution < 1.29 is 14.4 Å². The van der Waals surface area contributed by atoms with Crippen molar-refractivity contribution in [2.24, 2.45) is 0 Å². The molecular formula is C16H19NO3. The number of rotatable bonds is 1. The lowest BCUT2D eigenvalue weighted by Crippen LogP contribution is -2.46. The van der Waals surface area contributed by atoms with Crippen LogP contribution in [0.3, 0.4) is 0 Å². The zero-order chi connectivity index (χ0) is 13.6. The Morgan fingerprint density at radius 2 is 1.85 bits per heavy atom. The molecule has 0 aromatic heterocycles. The Hall–Kier alpha value is -1.39. The summed E-state index contributed by atoms with van der Waals surface area (Å²) >= 11 is 0. The summed E-state index contributed by atoms with van der Waals surface area (Å²) in [7, 11) is 0. The third-order valence-corrected chi connectivity index (χ3v) is 4.83. The molecule has 4 rings (SSSR count). The van der Waals surface area contributed by atoms with E-state index in [0.717, 1.165) is 24.8 Å². The number of cyclic esters (lactones) is 1. The predicted octanol–water partition coefficient (Wildman–Crippen LogP) is 2.60. The Labute approximate surface area is 118 Å². The first-order valence-electron chi connectivity index (χ1n) is 7.47. The second-order valence-electron chi connectivity index (χ2n) is 6.12. The number of ether oxygens (including phenoxy) is 1. The van der Waals surface area contributed by atoms with Crippen molar-refractivity contribution in [3.63, 3.8) is 0 Å². The Bertz CT molecular complexity index is 510. The van der Waals surface area contributed by atoms with Crippen LogP contribution in [0.25, 0.3) is 0 Å². The fourth-order valence-electron chi connectivity index (χ4n) is 3.80. The molecule has 2 heterocycles. The van der Waals surface area contributed by atoms with E-state index >= 15 is 0 Å². The van der Waals surface area contributed by atoms with Gasteiger partial charge in [-0.05, 0) is 18.4 Å². The van der Waals surface area contributed by atoms with Crippen molar-refractivity contribution >= 4 is 5.97 Å². The fourth-order valence-corrected chi connectivity index (χ4v) is 3.80. The molecule has 0 radical (unpaired) electrons. The minimum absolute atomic E-state index is 0.0267. The standard InChI is InChI=1S/C16H19NO3/c18-15-13-10-16(8-4-5-9-16)20-17(13)14(11-19-15)12-6-2-1-3-7-12/h1-3,6-7,13-14H,4-5,8-11H2/t13-,14+/m1/s1. The van der Waals surface area contributed by atoms with Gasteiger partial charge in [0.15, 0.2) is 0 Å². The van der Waals surface area contributed by atoms with Gasteiger partial charge in [-0.3, -0.25) is 9.63 Å². The minimum atomic E-state index is -0.230. The van der Waals surface area contributed by atoms with Gasteiger partial charge in [0.05, 0.1) is 11.6 Å². The van der Waals surface area contributed by atoms with E-state index in [-0.39, 0.29) is 23.7 Å². The van der Waals surface area contributed by atoms with Gasteiger partial charge in [0, 0.05) is 6.42 Å². The van der Waals surface area contributed by atoms with Gasteiger partial charge in [0.25, 0.3) is 0 Å². The van der Waals surface area contributed by atoms with E-state index in [0.29, 0.717) is 6.61 Å². The van der Waals surface area contributed by atoms with Gasteiger partial charge in [0.1, 0.15) is 12.6 Å². The van der Waals surface area contributed by atoms with Gasteiger partial charge in [-0.25, -0.2) is 0 Å². The molecule has 3 aliphatic rings. The lowest BCUT2D eigenvalue weighted by Gasteiger charge is -2.35. The maximum atomic E-state index is 12.0. The first-order valence-corrected chi connectivity index (χ1v) is 7.47. The normalized spacial score (nSPS) is 32.3. The zero-order valence-corrected chi connectivity index (χ0v) is 11.5. The van der Waals surface area contributed by atoms with Crippen LogP contribution in [-0.2, 0) is 14.4 Å². The van der Waals surface area contributed by atoms with Crippen molar-refractivity contribution in [1.29, 1.82) is 0 Å². The molecule has 1 aromatic carbocycles. The zero-order valence-electron chi connectivity index (χ0n) is 11.5. The van der Waals surface area contributed by atoms with E-state index in [9.17, 15) is 4.79 Å². The predicted molar refractivity (Wildman–Crippen MR) is 72.7 cm³/mol. The number of carbonyl (C=O) groups is 1. The molecular weight excluding hydrogens is 254 g/mol. The summed E-state index contributed by atoms with van der Waals surface area (Å²) in [5.74, 6) is -0.124. The Kier molecular flexibility index (Phi) is 2.82. The van der Waals surface area contributed by atoms with Crippen molar-refractivity contribution in [1.82, 2.24) is 5.06 Å². The lowest BCUT2D eigenvalue weighted by atomic mass is 9.93. The van der Waals surface area contributed by atoms with Crippen molar-refractivity contribution in [3.05, 3.63) is 35.9 Å². The number of hydroxylamine groups is 2. The van der Waals surface area contributed by atoms with Crippen LogP contribution in [0, 0.1) is 0 Å². The Morgan fingerprint density at radius 1 is 1.10 bits per heavy atom. The first kappa shape index (κ1) is 12.4. The van der Waals surface area contributed by atoms with Gasteiger partial charge in [0.2, 0.25) is 0 Å². The van der Waals surface area contributed by atoms with Gasteiger partial charge < -0.3 is 4.74 Å². The molecule has 1 aliphatic carbocycles. The molecule has 0 bridgehead atoms. The largest absolute Gasteiger partial charge is 0.462 e. The monoisotopic (exact) mass is 273 g/mol. The van der Waals surface area contributed by atoms with Crippen LogP contribution >= 0.6 is 0 Å². The number of fused-ring (bicyclic) bond motifs is 1. The number of carbonyl (C=O) groups excluding carboxylic acids is 1. The summed E-state index contributed by atoms with van der Waals surface area (Å²) in [5.41, 5.74) is 1.04. The second kappa shape index (κ2) is 4.57. The van der Waals surface area contributed by atoms with E-state index in [1.807, 2.05) is 23.3 Å². The smallest absolute Gasteiger partial charge is 0.325 e. The SMILES string of the molecule is O=C1OC[C@@H](c2ccccc2)N2OC3(CCCC3)C[C@H]12. The molecule has 2 aliphatic heterocycles. The van der Waals surface area contributed by atoms with E-state index in [2.05, 4.69) is 12.1 Å². The topological polar surface area (TPSA) is 38.8 Å². The van der Waals surface area contributed by atoms with E-state index in [4.69, 9.17) is 9.57 Å². The fraction of sp³-hybridized carbons (Fsp3) is 0.562. The molecule has 1 saturated carbocycles. The number of hydrogen-bond donors (Lipinski definition) is 0. The van der Waals surface area contributed by atoms with Gasteiger partial charge in [-0.1, -0.05) is 43.2 Å². The van der Waals surface area contributed by atoms with Crippen LogP contribution < -0.4 is 0 Å². The Morgan fingerprint density at radius 3 is 2.60 bits per heavy atom. The van der Waals surface area contributed by atoms with Gasteiger partial charge >= 0.3 is 5.97 Å². The first-order chi connectivity index (χ1) is 9.77. The van der Waals surface area contributed by atoms with E-state index in [1.165, 1.54) is 12.8 Å². The molecule has 4 nitrogen and oxygen atoms in total. The van der Waals surface area contributed by atoms with Crippen LogP contribution in [0.5, 0.6) is 0 Å². The third kappa shape index (κ3) is 1.86. The summed E-state index contributed by atoms with van der Waals surface area (Å²) in [6.07, 6.45) is 5.32.